The topological polar surface area (TPSA) is 88.8 Å². The van der Waals surface area contributed by atoms with E-state index in [0.29, 0.717) is 17.5 Å². The van der Waals surface area contributed by atoms with Crippen LogP contribution in [0, 0.1) is 6.92 Å². The van der Waals surface area contributed by atoms with E-state index in [1.807, 2.05) is 0 Å². The Morgan fingerprint density at radius 2 is 2.25 bits per heavy atom. The Morgan fingerprint density at radius 3 is 2.92 bits per heavy atom. The van der Waals surface area contributed by atoms with E-state index < -0.39 is 29.9 Å². The lowest BCUT2D eigenvalue weighted by molar-refractivity contribution is -0.142. The number of aryl methyl sites for hydroxylation is 1. The van der Waals surface area contributed by atoms with Crippen LogP contribution in [0.5, 0.6) is 0 Å². The molecular formula is C14H15F3N4O3. The molecule has 0 unspecified atom stereocenters. The zero-order valence-electron chi connectivity index (χ0n) is 12.7. The zero-order chi connectivity index (χ0) is 17.5. The summed E-state index contributed by atoms with van der Waals surface area (Å²) in [4.78, 5) is 16.4. The molecule has 1 saturated heterocycles. The maximum atomic E-state index is 13.1. The highest BCUT2D eigenvalue weighted by atomic mass is 19.4. The maximum absolute atomic E-state index is 13.1. The molecule has 0 radical (unpaired) electrons. The summed E-state index contributed by atoms with van der Waals surface area (Å²) >= 11 is 0. The van der Waals surface area contributed by atoms with Gasteiger partial charge in [0.1, 0.15) is 11.3 Å². The van der Waals surface area contributed by atoms with E-state index in [1.165, 1.54) is 6.92 Å². The number of nitrogens with one attached hydrogen (secondary N) is 1. The van der Waals surface area contributed by atoms with Crippen LogP contribution < -0.4 is 5.32 Å². The normalized spacial score (nSPS) is 21.9. The molecule has 3 heterocycles. The van der Waals surface area contributed by atoms with Crippen molar-refractivity contribution < 1.29 is 27.8 Å². The fraction of sp³-hybridized carbons (Fsp3) is 0.500. The number of hydrogen-bond acceptors (Lipinski definition) is 5. The number of amides is 1. The van der Waals surface area contributed by atoms with Crippen molar-refractivity contribution in [1.82, 2.24) is 19.9 Å². The molecular weight excluding hydrogens is 329 g/mol. The summed E-state index contributed by atoms with van der Waals surface area (Å²) in [5.74, 6) is -0.637. The monoisotopic (exact) mass is 344 g/mol. The van der Waals surface area contributed by atoms with Crippen LogP contribution in [0.1, 0.15) is 28.2 Å². The quantitative estimate of drug-likeness (QED) is 0.846. The first kappa shape index (κ1) is 16.7. The predicted molar refractivity (Wildman–Crippen MR) is 75.4 cm³/mol. The average Bonchev–Trinajstić information content (AvgIpc) is 2.91. The van der Waals surface area contributed by atoms with Crippen molar-refractivity contribution in [2.24, 2.45) is 0 Å². The van der Waals surface area contributed by atoms with Gasteiger partial charge in [0.15, 0.2) is 5.65 Å². The smallest absolute Gasteiger partial charge is 0.389 e. The minimum absolute atomic E-state index is 0.0807. The number of hydrogen-bond donors (Lipinski definition) is 2. The Hall–Kier alpha value is -2.20. The van der Waals surface area contributed by atoms with Crippen LogP contribution in [0.4, 0.5) is 13.2 Å². The summed E-state index contributed by atoms with van der Waals surface area (Å²) < 4.78 is 45.0. The highest BCUT2D eigenvalue weighted by molar-refractivity contribution is 5.99. The van der Waals surface area contributed by atoms with Gasteiger partial charge >= 0.3 is 6.18 Å². The molecule has 2 atom stereocenters. The minimum Gasteiger partial charge on any atom is -0.389 e. The second kappa shape index (κ2) is 6.02. The fourth-order valence-corrected chi connectivity index (χ4v) is 2.58. The largest absolute Gasteiger partial charge is 0.433 e. The van der Waals surface area contributed by atoms with Gasteiger partial charge in [0.25, 0.3) is 5.91 Å². The predicted octanol–water partition coefficient (Wildman–Crippen LogP) is 0.936. The molecule has 0 aliphatic carbocycles. The zero-order valence-corrected chi connectivity index (χ0v) is 12.7. The van der Waals surface area contributed by atoms with Crippen LogP contribution in [0.2, 0.25) is 0 Å². The van der Waals surface area contributed by atoms with Crippen molar-refractivity contribution >= 4 is 11.6 Å². The molecule has 7 nitrogen and oxygen atoms in total. The molecule has 130 valence electrons. The van der Waals surface area contributed by atoms with Gasteiger partial charge in [-0.2, -0.15) is 18.3 Å². The molecule has 1 aliphatic heterocycles. The molecule has 10 heteroatoms. The van der Waals surface area contributed by atoms with Crippen molar-refractivity contribution in [2.75, 3.05) is 13.2 Å². The van der Waals surface area contributed by atoms with Gasteiger partial charge in [-0.15, -0.1) is 0 Å². The summed E-state index contributed by atoms with van der Waals surface area (Å²) in [6.45, 7) is 1.88. The van der Waals surface area contributed by atoms with Crippen molar-refractivity contribution in [2.45, 2.75) is 31.7 Å². The molecule has 0 spiro atoms. The highest BCUT2D eigenvalue weighted by Crippen LogP contribution is 2.30. The number of aromatic nitrogens is 3. The number of nitrogens with zero attached hydrogens (tertiary/aromatic N) is 3. The molecule has 1 amide bonds. The van der Waals surface area contributed by atoms with E-state index in [9.17, 15) is 23.1 Å². The summed E-state index contributed by atoms with van der Waals surface area (Å²) in [6, 6.07) is 0.331. The number of rotatable bonds is 2. The highest BCUT2D eigenvalue weighted by Gasteiger charge is 2.36. The molecule has 1 fully saturated rings. The van der Waals surface area contributed by atoms with Gasteiger partial charge < -0.3 is 15.2 Å². The van der Waals surface area contributed by atoms with Gasteiger partial charge in [-0.3, -0.25) is 4.79 Å². The number of aliphatic hydroxyl groups excluding tert-OH is 1. The molecule has 0 saturated carbocycles. The Labute approximate surface area is 134 Å². The number of carbonyl (C=O) groups excluding carboxylic acids is 1. The van der Waals surface area contributed by atoms with Crippen molar-refractivity contribution in [3.63, 3.8) is 0 Å². The number of halogens is 3. The Bertz CT molecular complexity index is 774. The Balaban J connectivity index is 1.95. The van der Waals surface area contributed by atoms with Crippen LogP contribution in [0.25, 0.3) is 5.65 Å². The minimum atomic E-state index is -4.62. The summed E-state index contributed by atoms with van der Waals surface area (Å²) in [7, 11) is 0. The van der Waals surface area contributed by atoms with Crippen LogP contribution in [0.3, 0.4) is 0 Å². The third kappa shape index (κ3) is 3.06. The molecule has 1 aliphatic rings. The summed E-state index contributed by atoms with van der Waals surface area (Å²) in [6.07, 6.45) is -4.04. The van der Waals surface area contributed by atoms with Crippen molar-refractivity contribution in [3.05, 3.63) is 29.2 Å². The first-order chi connectivity index (χ1) is 11.3. The molecule has 2 aromatic rings. The van der Waals surface area contributed by atoms with Gasteiger partial charge in [-0.05, 0) is 19.4 Å². The third-order valence-corrected chi connectivity index (χ3v) is 3.78. The SMILES string of the molecule is Cc1cc(C(F)(F)F)n2ncc(C(=O)N[C@@H]3CCOC[C@H]3O)c2n1. The molecule has 24 heavy (non-hydrogen) atoms. The second-order valence-electron chi connectivity index (χ2n) is 5.59. The van der Waals surface area contributed by atoms with E-state index in [-0.39, 0.29) is 23.5 Å². The third-order valence-electron chi connectivity index (χ3n) is 3.78. The van der Waals surface area contributed by atoms with E-state index in [4.69, 9.17) is 4.74 Å². The number of aliphatic hydroxyl groups is 1. The van der Waals surface area contributed by atoms with Gasteiger partial charge in [-0.25, -0.2) is 9.50 Å². The molecule has 2 N–H and O–H groups in total. The number of ether oxygens (including phenoxy) is 1. The van der Waals surface area contributed by atoms with Gasteiger partial charge in [0.2, 0.25) is 0 Å². The van der Waals surface area contributed by atoms with Crippen LogP contribution >= 0.6 is 0 Å². The van der Waals surface area contributed by atoms with Gasteiger partial charge in [0, 0.05) is 12.3 Å². The molecule has 0 aromatic carbocycles. The molecule has 3 rings (SSSR count). The first-order valence-corrected chi connectivity index (χ1v) is 7.26. The Morgan fingerprint density at radius 1 is 1.50 bits per heavy atom. The standard InChI is InChI=1S/C14H15F3N4O3/c1-7-4-11(14(15,16)17)21-12(19-7)8(5-18-21)13(23)20-9-2-3-24-6-10(9)22/h4-5,9-10,22H,2-3,6H2,1H3,(H,20,23)/t9-,10-/m1/s1. The summed E-state index contributed by atoms with van der Waals surface area (Å²) in [5, 5.41) is 16.0. The summed E-state index contributed by atoms with van der Waals surface area (Å²) in [5.41, 5.74) is -1.14. The number of carbonyl (C=O) groups is 1. The van der Waals surface area contributed by atoms with E-state index >= 15 is 0 Å². The molecule has 2 aromatic heterocycles. The van der Waals surface area contributed by atoms with Gasteiger partial charge in [0.05, 0.1) is 24.9 Å². The second-order valence-corrected chi connectivity index (χ2v) is 5.59. The number of fused-ring (bicyclic) bond motifs is 1. The number of alkyl halides is 3. The lowest BCUT2D eigenvalue weighted by Gasteiger charge is -2.28. The van der Waals surface area contributed by atoms with Crippen LogP contribution in [0.15, 0.2) is 12.3 Å². The average molecular weight is 344 g/mol. The fourth-order valence-electron chi connectivity index (χ4n) is 2.58. The lowest BCUT2D eigenvalue weighted by Crippen LogP contribution is -2.48. The van der Waals surface area contributed by atoms with Crippen LogP contribution in [-0.2, 0) is 10.9 Å². The van der Waals surface area contributed by atoms with Crippen molar-refractivity contribution in [3.8, 4) is 0 Å². The van der Waals surface area contributed by atoms with E-state index in [1.54, 1.807) is 0 Å². The first-order valence-electron chi connectivity index (χ1n) is 7.26. The Kier molecular flexibility index (Phi) is 4.18. The molecule has 0 bridgehead atoms. The lowest BCUT2D eigenvalue weighted by atomic mass is 10.1. The van der Waals surface area contributed by atoms with Crippen molar-refractivity contribution in [1.29, 1.82) is 0 Å². The van der Waals surface area contributed by atoms with Crippen LogP contribution in [-0.4, -0.2) is 51.0 Å². The van der Waals surface area contributed by atoms with E-state index in [0.717, 1.165) is 12.3 Å². The maximum Gasteiger partial charge on any atom is 0.433 e. The van der Waals surface area contributed by atoms with E-state index in [2.05, 4.69) is 15.4 Å². The van der Waals surface area contributed by atoms with Gasteiger partial charge in [-0.1, -0.05) is 0 Å².